The van der Waals surface area contributed by atoms with Crippen LogP contribution in [0.3, 0.4) is 0 Å². The fourth-order valence-electron chi connectivity index (χ4n) is 1.84. The van der Waals surface area contributed by atoms with E-state index in [9.17, 15) is 4.79 Å². The Morgan fingerprint density at radius 1 is 1.33 bits per heavy atom. The summed E-state index contributed by atoms with van der Waals surface area (Å²) in [6.45, 7) is 0. The third-order valence-corrected chi connectivity index (χ3v) is 2.62. The Morgan fingerprint density at radius 3 is 2.80 bits per heavy atom. The molecule has 1 aliphatic rings. The van der Waals surface area contributed by atoms with E-state index in [-0.39, 0.29) is 5.91 Å². The summed E-state index contributed by atoms with van der Waals surface area (Å²) in [5.74, 6) is 0.548. The van der Waals surface area contributed by atoms with Crippen LogP contribution in [0.15, 0.2) is 42.5 Å². The van der Waals surface area contributed by atoms with Crippen molar-refractivity contribution < 1.29 is 4.79 Å². The molecule has 2 rings (SSSR count). The maximum Gasteiger partial charge on any atom is 0.224 e. The molecule has 0 unspecified atom stereocenters. The molecule has 0 bridgehead atoms. The molecule has 0 saturated carbocycles. The van der Waals surface area contributed by atoms with Crippen LogP contribution in [0.4, 0.5) is 5.69 Å². The Hall–Kier alpha value is -1.57. The van der Waals surface area contributed by atoms with E-state index < -0.39 is 0 Å². The second kappa shape index (κ2) is 4.78. The summed E-state index contributed by atoms with van der Waals surface area (Å²) in [6.07, 6.45) is 7.13. The molecule has 0 heterocycles. The molecule has 1 aromatic rings. The summed E-state index contributed by atoms with van der Waals surface area (Å²) in [7, 11) is 0. The Morgan fingerprint density at radius 2 is 2.13 bits per heavy atom. The fraction of sp³-hybridized carbons (Fsp3) is 0.308. The van der Waals surface area contributed by atoms with E-state index in [1.807, 2.05) is 30.3 Å². The van der Waals surface area contributed by atoms with Crippen molar-refractivity contribution in [2.45, 2.75) is 19.3 Å². The molecule has 2 heteroatoms. The van der Waals surface area contributed by atoms with Crippen LogP contribution in [-0.4, -0.2) is 5.91 Å². The first-order valence-electron chi connectivity index (χ1n) is 5.36. The predicted octanol–water partition coefficient (Wildman–Crippen LogP) is 2.98. The SMILES string of the molecule is O=C(C[C@@H]1C=CCC1)Nc1ccccc1. The van der Waals surface area contributed by atoms with Crippen LogP contribution in [0.1, 0.15) is 19.3 Å². The molecule has 1 amide bonds. The number of rotatable bonds is 3. The number of para-hydroxylation sites is 1. The van der Waals surface area contributed by atoms with Crippen LogP contribution in [0.5, 0.6) is 0 Å². The van der Waals surface area contributed by atoms with E-state index in [1.165, 1.54) is 0 Å². The van der Waals surface area contributed by atoms with Crippen molar-refractivity contribution in [2.75, 3.05) is 5.32 Å². The van der Waals surface area contributed by atoms with Gasteiger partial charge >= 0.3 is 0 Å². The molecule has 0 saturated heterocycles. The minimum atomic E-state index is 0.109. The number of hydrogen-bond acceptors (Lipinski definition) is 1. The van der Waals surface area contributed by atoms with Gasteiger partial charge in [0.25, 0.3) is 0 Å². The van der Waals surface area contributed by atoms with Gasteiger partial charge < -0.3 is 5.32 Å². The van der Waals surface area contributed by atoms with Gasteiger partial charge in [0, 0.05) is 12.1 Å². The minimum Gasteiger partial charge on any atom is -0.326 e. The van der Waals surface area contributed by atoms with Gasteiger partial charge in [0.15, 0.2) is 0 Å². The highest BCUT2D eigenvalue weighted by Crippen LogP contribution is 2.20. The van der Waals surface area contributed by atoms with Crippen LogP contribution in [0.25, 0.3) is 0 Å². The van der Waals surface area contributed by atoms with Crippen molar-refractivity contribution >= 4 is 11.6 Å². The van der Waals surface area contributed by atoms with Crippen LogP contribution in [-0.2, 0) is 4.79 Å². The molecule has 15 heavy (non-hydrogen) atoms. The van der Waals surface area contributed by atoms with Crippen molar-refractivity contribution in [3.8, 4) is 0 Å². The van der Waals surface area contributed by atoms with Gasteiger partial charge in [0.1, 0.15) is 0 Å². The van der Waals surface area contributed by atoms with Crippen LogP contribution in [0, 0.1) is 5.92 Å². The normalized spacial score (nSPS) is 19.1. The maximum atomic E-state index is 11.6. The lowest BCUT2D eigenvalue weighted by Crippen LogP contribution is -2.14. The minimum absolute atomic E-state index is 0.109. The Kier molecular flexibility index (Phi) is 3.18. The van der Waals surface area contributed by atoms with E-state index in [0.29, 0.717) is 12.3 Å². The number of hydrogen-bond donors (Lipinski definition) is 1. The number of carbonyl (C=O) groups excluding carboxylic acids is 1. The van der Waals surface area contributed by atoms with Crippen LogP contribution >= 0.6 is 0 Å². The predicted molar refractivity (Wildman–Crippen MR) is 61.6 cm³/mol. The molecule has 78 valence electrons. The average molecular weight is 201 g/mol. The summed E-state index contributed by atoms with van der Waals surface area (Å²) >= 11 is 0. The maximum absolute atomic E-state index is 11.6. The fourth-order valence-corrected chi connectivity index (χ4v) is 1.84. The zero-order valence-corrected chi connectivity index (χ0v) is 8.65. The van der Waals surface area contributed by atoms with Crippen molar-refractivity contribution in [2.24, 2.45) is 5.92 Å². The molecule has 0 aromatic heterocycles. The molecule has 1 atom stereocenters. The van der Waals surface area contributed by atoms with Crippen molar-refractivity contribution in [3.63, 3.8) is 0 Å². The van der Waals surface area contributed by atoms with Crippen LogP contribution in [0.2, 0.25) is 0 Å². The molecular weight excluding hydrogens is 186 g/mol. The van der Waals surface area contributed by atoms with Gasteiger partial charge in [-0.1, -0.05) is 30.4 Å². The highest BCUT2D eigenvalue weighted by Gasteiger charge is 2.13. The Labute approximate surface area is 90.0 Å². The summed E-state index contributed by atoms with van der Waals surface area (Å²) in [5.41, 5.74) is 0.879. The van der Waals surface area contributed by atoms with Gasteiger partial charge in [-0.05, 0) is 30.9 Å². The summed E-state index contributed by atoms with van der Waals surface area (Å²) in [5, 5.41) is 2.90. The first kappa shape index (κ1) is 9.97. The van der Waals surface area contributed by atoms with Gasteiger partial charge in [-0.2, -0.15) is 0 Å². The third-order valence-electron chi connectivity index (χ3n) is 2.62. The summed E-state index contributed by atoms with van der Waals surface area (Å²) < 4.78 is 0. The summed E-state index contributed by atoms with van der Waals surface area (Å²) in [4.78, 5) is 11.6. The van der Waals surface area contributed by atoms with Gasteiger partial charge in [-0.25, -0.2) is 0 Å². The largest absolute Gasteiger partial charge is 0.326 e. The molecule has 0 aliphatic heterocycles. The standard InChI is InChI=1S/C13H15NO/c15-13(10-11-6-4-5-7-11)14-12-8-2-1-3-9-12/h1-4,6,8-9,11H,5,7,10H2,(H,14,15)/t11-/m1/s1. The molecule has 0 spiro atoms. The van der Waals surface area contributed by atoms with E-state index in [4.69, 9.17) is 0 Å². The van der Waals surface area contributed by atoms with Gasteiger partial charge in [-0.15, -0.1) is 0 Å². The second-order valence-electron chi connectivity index (χ2n) is 3.88. The van der Waals surface area contributed by atoms with Gasteiger partial charge in [0.2, 0.25) is 5.91 Å². The smallest absolute Gasteiger partial charge is 0.224 e. The van der Waals surface area contributed by atoms with Crippen molar-refractivity contribution in [1.82, 2.24) is 0 Å². The zero-order chi connectivity index (χ0) is 10.5. The highest BCUT2D eigenvalue weighted by atomic mass is 16.1. The molecule has 1 N–H and O–H groups in total. The lowest BCUT2D eigenvalue weighted by Gasteiger charge is -2.08. The molecule has 0 radical (unpaired) electrons. The topological polar surface area (TPSA) is 29.1 Å². The third kappa shape index (κ3) is 2.94. The highest BCUT2D eigenvalue weighted by molar-refractivity contribution is 5.90. The number of benzene rings is 1. The van der Waals surface area contributed by atoms with Crippen molar-refractivity contribution in [1.29, 1.82) is 0 Å². The van der Waals surface area contributed by atoms with Crippen molar-refractivity contribution in [3.05, 3.63) is 42.5 Å². The van der Waals surface area contributed by atoms with E-state index >= 15 is 0 Å². The Balaban J connectivity index is 1.84. The average Bonchev–Trinajstić information content (AvgIpc) is 2.71. The van der Waals surface area contributed by atoms with Crippen LogP contribution < -0.4 is 5.32 Å². The number of amides is 1. The first-order valence-corrected chi connectivity index (χ1v) is 5.36. The molecule has 0 fully saturated rings. The lowest BCUT2D eigenvalue weighted by atomic mass is 10.1. The number of carbonyl (C=O) groups is 1. The monoisotopic (exact) mass is 201 g/mol. The summed E-state index contributed by atoms with van der Waals surface area (Å²) in [6, 6.07) is 9.59. The van der Waals surface area contributed by atoms with Gasteiger partial charge in [0.05, 0.1) is 0 Å². The zero-order valence-electron chi connectivity index (χ0n) is 8.65. The quantitative estimate of drug-likeness (QED) is 0.748. The first-order chi connectivity index (χ1) is 7.34. The van der Waals surface area contributed by atoms with E-state index in [0.717, 1.165) is 18.5 Å². The van der Waals surface area contributed by atoms with Gasteiger partial charge in [-0.3, -0.25) is 4.79 Å². The number of allylic oxidation sites excluding steroid dienone is 2. The number of anilines is 1. The number of nitrogens with one attached hydrogen (secondary N) is 1. The molecule has 2 nitrogen and oxygen atoms in total. The van der Waals surface area contributed by atoms with E-state index in [2.05, 4.69) is 17.5 Å². The van der Waals surface area contributed by atoms with E-state index in [1.54, 1.807) is 0 Å². The lowest BCUT2D eigenvalue weighted by molar-refractivity contribution is -0.116. The Bertz CT molecular complexity index is 356. The molecular formula is C13H15NO. The molecule has 1 aliphatic carbocycles. The second-order valence-corrected chi connectivity index (χ2v) is 3.88. The molecule has 1 aromatic carbocycles.